The highest BCUT2D eigenvalue weighted by Crippen LogP contribution is 2.36. The molecule has 0 aliphatic rings. The molecule has 0 saturated carbocycles. The number of esters is 1. The zero-order valence-corrected chi connectivity index (χ0v) is 13.5. The summed E-state index contributed by atoms with van der Waals surface area (Å²) in [6, 6.07) is 6.59. The van der Waals surface area contributed by atoms with Crippen LogP contribution >= 0.6 is 0 Å². The fourth-order valence-corrected chi connectivity index (χ4v) is 2.58. The minimum Gasteiger partial charge on any atom is -0.462 e. The van der Waals surface area contributed by atoms with E-state index in [0.29, 0.717) is 5.69 Å². The molecule has 5 nitrogen and oxygen atoms in total. The lowest BCUT2D eigenvalue weighted by Gasteiger charge is -2.12. The van der Waals surface area contributed by atoms with Crippen molar-refractivity contribution in [3.63, 3.8) is 0 Å². The third-order valence-electron chi connectivity index (χ3n) is 3.65. The highest BCUT2D eigenvalue weighted by Gasteiger charge is 2.33. The topological polar surface area (TPSA) is 56.5 Å². The summed E-state index contributed by atoms with van der Waals surface area (Å²) in [4.78, 5) is 16.4. The Bertz CT molecular complexity index is 948. The van der Waals surface area contributed by atoms with Gasteiger partial charge >= 0.3 is 12.1 Å². The lowest BCUT2D eigenvalue weighted by atomic mass is 10.0. The van der Waals surface area contributed by atoms with Gasteiger partial charge in [-0.2, -0.15) is 18.3 Å². The summed E-state index contributed by atoms with van der Waals surface area (Å²) in [6.45, 7) is 3.45. The molecule has 2 heterocycles. The maximum atomic E-state index is 13.2. The van der Waals surface area contributed by atoms with Crippen molar-refractivity contribution in [1.82, 2.24) is 14.6 Å². The van der Waals surface area contributed by atoms with E-state index in [0.717, 1.165) is 6.07 Å². The van der Waals surface area contributed by atoms with Gasteiger partial charge in [0.25, 0.3) is 0 Å². The molecule has 3 rings (SSSR count). The van der Waals surface area contributed by atoms with Crippen molar-refractivity contribution in [2.24, 2.45) is 0 Å². The number of rotatable bonds is 3. The van der Waals surface area contributed by atoms with Gasteiger partial charge in [-0.1, -0.05) is 18.2 Å². The van der Waals surface area contributed by atoms with Crippen molar-refractivity contribution >= 4 is 11.6 Å². The molecule has 0 aliphatic heterocycles. The summed E-state index contributed by atoms with van der Waals surface area (Å²) in [5, 5.41) is 4.15. The summed E-state index contributed by atoms with van der Waals surface area (Å²) >= 11 is 0. The normalized spacial score (nSPS) is 11.7. The number of benzene rings is 1. The maximum Gasteiger partial charge on any atom is 0.417 e. The van der Waals surface area contributed by atoms with E-state index in [1.807, 2.05) is 0 Å². The smallest absolute Gasteiger partial charge is 0.417 e. The van der Waals surface area contributed by atoms with Crippen LogP contribution in [-0.4, -0.2) is 27.2 Å². The number of aromatic nitrogens is 3. The molecule has 0 atom stereocenters. The van der Waals surface area contributed by atoms with Gasteiger partial charge in [0.15, 0.2) is 5.65 Å². The van der Waals surface area contributed by atoms with E-state index in [1.54, 1.807) is 13.8 Å². The molecule has 25 heavy (non-hydrogen) atoms. The van der Waals surface area contributed by atoms with Crippen LogP contribution in [0.15, 0.2) is 36.5 Å². The first-order valence-electron chi connectivity index (χ1n) is 7.52. The molecule has 0 amide bonds. The highest BCUT2D eigenvalue weighted by molar-refractivity contribution is 5.97. The molecule has 0 unspecified atom stereocenters. The van der Waals surface area contributed by atoms with Crippen LogP contribution in [0.5, 0.6) is 0 Å². The molecule has 0 bridgehead atoms. The van der Waals surface area contributed by atoms with Crippen molar-refractivity contribution in [2.75, 3.05) is 6.61 Å². The van der Waals surface area contributed by atoms with Crippen molar-refractivity contribution < 1.29 is 22.7 Å². The Hall–Kier alpha value is -2.90. The van der Waals surface area contributed by atoms with Crippen LogP contribution in [0.3, 0.4) is 0 Å². The Balaban J connectivity index is 2.21. The van der Waals surface area contributed by atoms with Crippen LogP contribution in [-0.2, 0) is 10.9 Å². The Morgan fingerprint density at radius 2 is 1.96 bits per heavy atom. The van der Waals surface area contributed by atoms with Crippen LogP contribution in [0.2, 0.25) is 0 Å². The van der Waals surface area contributed by atoms with Gasteiger partial charge in [0, 0.05) is 11.8 Å². The highest BCUT2D eigenvalue weighted by atomic mass is 19.4. The van der Waals surface area contributed by atoms with Crippen molar-refractivity contribution in [2.45, 2.75) is 20.0 Å². The van der Waals surface area contributed by atoms with Gasteiger partial charge in [0.05, 0.1) is 23.6 Å². The first kappa shape index (κ1) is 16.9. The minimum atomic E-state index is -4.51. The fourth-order valence-electron chi connectivity index (χ4n) is 2.58. The molecule has 8 heteroatoms. The second kappa shape index (κ2) is 6.19. The Kier molecular flexibility index (Phi) is 4.20. The van der Waals surface area contributed by atoms with Gasteiger partial charge in [0.2, 0.25) is 0 Å². The average molecular weight is 349 g/mol. The number of carbonyl (C=O) groups excluding carboxylic acids is 1. The number of hydrogen-bond acceptors (Lipinski definition) is 4. The van der Waals surface area contributed by atoms with E-state index in [9.17, 15) is 18.0 Å². The zero-order chi connectivity index (χ0) is 18.2. The molecule has 0 spiro atoms. The third-order valence-corrected chi connectivity index (χ3v) is 3.65. The molecule has 0 aliphatic carbocycles. The van der Waals surface area contributed by atoms with Gasteiger partial charge in [0.1, 0.15) is 5.56 Å². The Labute approximate surface area is 141 Å². The van der Waals surface area contributed by atoms with E-state index < -0.39 is 17.7 Å². The number of hydrogen-bond donors (Lipinski definition) is 0. The van der Waals surface area contributed by atoms with E-state index in [2.05, 4.69) is 10.1 Å². The van der Waals surface area contributed by atoms with Crippen molar-refractivity contribution in [1.29, 1.82) is 0 Å². The minimum absolute atomic E-state index is 0.0637. The molecule has 0 radical (unpaired) electrons. The van der Waals surface area contributed by atoms with Crippen LogP contribution in [0.25, 0.3) is 16.9 Å². The largest absolute Gasteiger partial charge is 0.462 e. The third kappa shape index (κ3) is 3.07. The first-order valence-corrected chi connectivity index (χ1v) is 7.52. The van der Waals surface area contributed by atoms with E-state index in [1.165, 1.54) is 35.0 Å². The summed E-state index contributed by atoms with van der Waals surface area (Å²) < 4.78 is 46.1. The van der Waals surface area contributed by atoms with E-state index in [-0.39, 0.29) is 29.1 Å². The molecule has 130 valence electrons. The Morgan fingerprint density at radius 3 is 2.64 bits per heavy atom. The second-order valence-corrected chi connectivity index (χ2v) is 5.31. The van der Waals surface area contributed by atoms with Crippen LogP contribution < -0.4 is 0 Å². The second-order valence-electron chi connectivity index (χ2n) is 5.31. The molecule has 3 aromatic rings. The van der Waals surface area contributed by atoms with Gasteiger partial charge in [-0.15, -0.1) is 0 Å². The predicted molar refractivity (Wildman–Crippen MR) is 84.1 cm³/mol. The quantitative estimate of drug-likeness (QED) is 0.673. The van der Waals surface area contributed by atoms with Crippen LogP contribution in [0.1, 0.15) is 28.5 Å². The molecule has 0 saturated heterocycles. The Morgan fingerprint density at radius 1 is 1.24 bits per heavy atom. The number of aryl methyl sites for hydroxylation is 1. The lowest BCUT2D eigenvalue weighted by molar-refractivity contribution is -0.137. The number of halogens is 3. The standard InChI is InChI=1S/C17H14F3N3O2/c1-3-25-16(24)14-10(2)22-23-9-8-13(21-15(14)23)11-6-4-5-7-12(11)17(18,19)20/h4-9H,3H2,1-2H3. The molecule has 2 aromatic heterocycles. The number of alkyl halides is 3. The van der Waals surface area contributed by atoms with Crippen LogP contribution in [0, 0.1) is 6.92 Å². The summed E-state index contributed by atoms with van der Waals surface area (Å²) in [7, 11) is 0. The number of ether oxygens (including phenoxy) is 1. The van der Waals surface area contributed by atoms with E-state index in [4.69, 9.17) is 4.74 Å². The molecule has 1 aromatic carbocycles. The molecule has 0 N–H and O–H groups in total. The molecule has 0 fully saturated rings. The zero-order valence-electron chi connectivity index (χ0n) is 13.5. The number of carbonyl (C=O) groups is 1. The van der Waals surface area contributed by atoms with Gasteiger partial charge in [-0.05, 0) is 26.0 Å². The van der Waals surface area contributed by atoms with Crippen molar-refractivity contribution in [3.05, 3.63) is 53.3 Å². The monoisotopic (exact) mass is 349 g/mol. The van der Waals surface area contributed by atoms with Gasteiger partial charge < -0.3 is 4.74 Å². The van der Waals surface area contributed by atoms with E-state index >= 15 is 0 Å². The summed E-state index contributed by atoms with van der Waals surface area (Å²) in [6.07, 6.45) is -3.04. The summed E-state index contributed by atoms with van der Waals surface area (Å²) in [5.41, 5.74) is -0.0522. The number of fused-ring (bicyclic) bond motifs is 1. The van der Waals surface area contributed by atoms with Crippen molar-refractivity contribution in [3.8, 4) is 11.3 Å². The summed E-state index contributed by atoms with van der Waals surface area (Å²) in [5.74, 6) is -0.608. The predicted octanol–water partition coefficient (Wildman–Crippen LogP) is 3.90. The molecular formula is C17H14F3N3O2. The fraction of sp³-hybridized carbons (Fsp3) is 0.235. The van der Waals surface area contributed by atoms with Gasteiger partial charge in [-0.25, -0.2) is 14.3 Å². The first-order chi connectivity index (χ1) is 11.8. The SMILES string of the molecule is CCOC(=O)c1c(C)nn2ccc(-c3ccccc3C(F)(F)F)nc12. The number of nitrogens with zero attached hydrogens (tertiary/aromatic N) is 3. The molecular weight excluding hydrogens is 335 g/mol. The van der Waals surface area contributed by atoms with Crippen LogP contribution in [0.4, 0.5) is 13.2 Å². The maximum absolute atomic E-state index is 13.2. The average Bonchev–Trinajstić information content (AvgIpc) is 2.89. The van der Waals surface area contributed by atoms with Gasteiger partial charge in [-0.3, -0.25) is 0 Å². The lowest BCUT2D eigenvalue weighted by Crippen LogP contribution is -2.08.